The van der Waals surface area contributed by atoms with E-state index in [9.17, 15) is 0 Å². The van der Waals surface area contributed by atoms with Crippen LogP contribution in [0.4, 0.5) is 0 Å². The number of likely N-dealkylation sites (tertiary alicyclic amines) is 1. The van der Waals surface area contributed by atoms with Crippen molar-refractivity contribution < 1.29 is 0 Å². The van der Waals surface area contributed by atoms with Crippen LogP contribution in [0.5, 0.6) is 0 Å². The minimum atomic E-state index is 0.744. The quantitative estimate of drug-likeness (QED) is 0.756. The van der Waals surface area contributed by atoms with Crippen LogP contribution in [-0.2, 0) is 0 Å². The first-order chi connectivity index (χ1) is 8.66. The molecule has 18 heavy (non-hydrogen) atoms. The van der Waals surface area contributed by atoms with Crippen LogP contribution in [0.3, 0.4) is 0 Å². The molecule has 2 fully saturated rings. The van der Waals surface area contributed by atoms with Gasteiger partial charge in [-0.2, -0.15) is 0 Å². The maximum Gasteiger partial charge on any atom is 0.0120 e. The molecule has 3 unspecified atom stereocenters. The summed E-state index contributed by atoms with van der Waals surface area (Å²) in [5.41, 5.74) is 0. The predicted molar refractivity (Wildman–Crippen MR) is 78.9 cm³/mol. The predicted octanol–water partition coefficient (Wildman–Crippen LogP) is 3.28. The Bertz CT molecular complexity index is 235. The van der Waals surface area contributed by atoms with Gasteiger partial charge in [-0.15, -0.1) is 0 Å². The second-order valence-electron chi connectivity index (χ2n) is 6.85. The third-order valence-corrected chi connectivity index (χ3v) is 5.28. The van der Waals surface area contributed by atoms with Gasteiger partial charge in [0.15, 0.2) is 0 Å². The Labute approximate surface area is 114 Å². The zero-order chi connectivity index (χ0) is 13.0. The molecule has 3 atom stereocenters. The minimum Gasteiger partial charge on any atom is -0.314 e. The van der Waals surface area contributed by atoms with Gasteiger partial charge in [0.2, 0.25) is 0 Å². The van der Waals surface area contributed by atoms with Gasteiger partial charge in [0, 0.05) is 18.6 Å². The average molecular weight is 252 g/mol. The SMILES string of the molecule is CC1CN(C)C(C)CC1NCCCC1CCCC1. The molecular formula is C16H32N2. The van der Waals surface area contributed by atoms with E-state index in [1.807, 2.05) is 0 Å². The van der Waals surface area contributed by atoms with Crippen molar-refractivity contribution >= 4 is 0 Å². The molecule has 2 heteroatoms. The van der Waals surface area contributed by atoms with Crippen LogP contribution < -0.4 is 5.32 Å². The zero-order valence-corrected chi connectivity index (χ0v) is 12.6. The standard InChI is InChI=1S/C16H32N2/c1-13-12-18(3)14(2)11-16(13)17-10-6-9-15-7-4-5-8-15/h13-17H,4-12H2,1-3H3. The Balaban J connectivity index is 1.60. The van der Waals surface area contributed by atoms with Crippen molar-refractivity contribution in [3.8, 4) is 0 Å². The summed E-state index contributed by atoms with van der Waals surface area (Å²) in [4.78, 5) is 2.50. The fourth-order valence-corrected chi connectivity index (χ4v) is 3.80. The molecule has 106 valence electrons. The van der Waals surface area contributed by atoms with E-state index in [1.54, 1.807) is 0 Å². The van der Waals surface area contributed by atoms with Crippen LogP contribution in [0.15, 0.2) is 0 Å². The molecule has 0 aromatic rings. The molecule has 0 amide bonds. The van der Waals surface area contributed by atoms with Gasteiger partial charge >= 0.3 is 0 Å². The van der Waals surface area contributed by atoms with Gasteiger partial charge in [-0.3, -0.25) is 0 Å². The van der Waals surface area contributed by atoms with Gasteiger partial charge < -0.3 is 10.2 Å². The highest BCUT2D eigenvalue weighted by Crippen LogP contribution is 2.28. The highest BCUT2D eigenvalue weighted by atomic mass is 15.2. The van der Waals surface area contributed by atoms with Crippen molar-refractivity contribution in [2.75, 3.05) is 20.1 Å². The van der Waals surface area contributed by atoms with E-state index in [1.165, 1.54) is 58.0 Å². The minimum absolute atomic E-state index is 0.744. The van der Waals surface area contributed by atoms with Gasteiger partial charge in [-0.25, -0.2) is 0 Å². The summed E-state index contributed by atoms with van der Waals surface area (Å²) in [6, 6.07) is 1.49. The second-order valence-corrected chi connectivity index (χ2v) is 6.85. The molecule has 1 saturated heterocycles. The van der Waals surface area contributed by atoms with Gasteiger partial charge in [0.1, 0.15) is 0 Å². The van der Waals surface area contributed by atoms with Crippen molar-refractivity contribution in [2.45, 2.75) is 70.9 Å². The summed E-state index contributed by atoms with van der Waals surface area (Å²) in [6.07, 6.45) is 10.1. The third kappa shape index (κ3) is 3.96. The highest BCUT2D eigenvalue weighted by molar-refractivity contribution is 4.86. The number of nitrogens with one attached hydrogen (secondary N) is 1. The first kappa shape index (κ1) is 14.3. The molecule has 1 aliphatic heterocycles. The molecule has 2 aliphatic rings. The number of piperidine rings is 1. The lowest BCUT2D eigenvalue weighted by Crippen LogP contribution is -2.51. The maximum atomic E-state index is 3.82. The first-order valence-corrected chi connectivity index (χ1v) is 8.10. The van der Waals surface area contributed by atoms with Crippen molar-refractivity contribution in [2.24, 2.45) is 11.8 Å². The number of hydrogen-bond donors (Lipinski definition) is 1. The first-order valence-electron chi connectivity index (χ1n) is 8.10. The molecule has 0 bridgehead atoms. The third-order valence-electron chi connectivity index (χ3n) is 5.28. The smallest absolute Gasteiger partial charge is 0.0120 e. The van der Waals surface area contributed by atoms with Crippen LogP contribution in [0.25, 0.3) is 0 Å². The molecular weight excluding hydrogens is 220 g/mol. The fraction of sp³-hybridized carbons (Fsp3) is 1.00. The zero-order valence-electron chi connectivity index (χ0n) is 12.6. The maximum absolute atomic E-state index is 3.82. The molecule has 1 saturated carbocycles. The Hall–Kier alpha value is -0.0800. The Kier molecular flexibility index (Phi) is 5.50. The molecule has 1 N–H and O–H groups in total. The largest absolute Gasteiger partial charge is 0.314 e. The molecule has 0 aromatic carbocycles. The van der Waals surface area contributed by atoms with Crippen LogP contribution in [-0.4, -0.2) is 37.1 Å². The fourth-order valence-electron chi connectivity index (χ4n) is 3.80. The van der Waals surface area contributed by atoms with Crippen molar-refractivity contribution in [1.29, 1.82) is 0 Å². The lowest BCUT2D eigenvalue weighted by Gasteiger charge is -2.40. The van der Waals surface area contributed by atoms with E-state index in [0.717, 1.165) is 23.9 Å². The summed E-state index contributed by atoms with van der Waals surface area (Å²) in [7, 11) is 2.26. The second kappa shape index (κ2) is 6.91. The van der Waals surface area contributed by atoms with Crippen LogP contribution in [0.1, 0.15) is 58.8 Å². The lowest BCUT2D eigenvalue weighted by atomic mass is 9.89. The van der Waals surface area contributed by atoms with E-state index >= 15 is 0 Å². The van der Waals surface area contributed by atoms with Crippen LogP contribution in [0.2, 0.25) is 0 Å². The molecule has 2 rings (SSSR count). The van der Waals surface area contributed by atoms with E-state index < -0.39 is 0 Å². The van der Waals surface area contributed by atoms with Gasteiger partial charge in [-0.1, -0.05) is 32.6 Å². The summed E-state index contributed by atoms with van der Waals surface area (Å²) in [6.45, 7) is 7.25. The van der Waals surface area contributed by atoms with E-state index in [2.05, 4.69) is 31.1 Å². The molecule has 2 nitrogen and oxygen atoms in total. The summed E-state index contributed by atoms with van der Waals surface area (Å²) in [5.74, 6) is 1.86. The topological polar surface area (TPSA) is 15.3 Å². The molecule has 0 aromatic heterocycles. The number of hydrogen-bond acceptors (Lipinski definition) is 2. The highest BCUT2D eigenvalue weighted by Gasteiger charge is 2.28. The number of nitrogens with zero attached hydrogens (tertiary/aromatic N) is 1. The average Bonchev–Trinajstić information content (AvgIpc) is 2.84. The molecule has 0 spiro atoms. The summed E-state index contributed by atoms with van der Waals surface area (Å²) in [5, 5.41) is 3.82. The normalized spacial score (nSPS) is 35.2. The Morgan fingerprint density at radius 1 is 1.17 bits per heavy atom. The van der Waals surface area contributed by atoms with Crippen LogP contribution in [0, 0.1) is 11.8 Å². The van der Waals surface area contributed by atoms with E-state index in [-0.39, 0.29) is 0 Å². The van der Waals surface area contributed by atoms with Gasteiger partial charge in [0.05, 0.1) is 0 Å². The Morgan fingerprint density at radius 3 is 2.61 bits per heavy atom. The van der Waals surface area contributed by atoms with E-state index in [4.69, 9.17) is 0 Å². The lowest BCUT2D eigenvalue weighted by molar-refractivity contribution is 0.121. The van der Waals surface area contributed by atoms with Crippen molar-refractivity contribution in [3.05, 3.63) is 0 Å². The van der Waals surface area contributed by atoms with Crippen molar-refractivity contribution in [3.63, 3.8) is 0 Å². The monoisotopic (exact) mass is 252 g/mol. The van der Waals surface area contributed by atoms with Gasteiger partial charge in [-0.05, 0) is 51.6 Å². The van der Waals surface area contributed by atoms with Crippen LogP contribution >= 0.6 is 0 Å². The summed E-state index contributed by atoms with van der Waals surface area (Å²) < 4.78 is 0. The van der Waals surface area contributed by atoms with Crippen molar-refractivity contribution in [1.82, 2.24) is 10.2 Å². The molecule has 0 radical (unpaired) electrons. The summed E-state index contributed by atoms with van der Waals surface area (Å²) >= 11 is 0. The molecule has 1 aliphatic carbocycles. The Morgan fingerprint density at radius 2 is 1.89 bits per heavy atom. The van der Waals surface area contributed by atoms with E-state index in [0.29, 0.717) is 0 Å². The molecule has 1 heterocycles. The van der Waals surface area contributed by atoms with Gasteiger partial charge in [0.25, 0.3) is 0 Å². The number of rotatable bonds is 5.